The molecule has 0 unspecified atom stereocenters. The van der Waals surface area contributed by atoms with Crippen molar-refractivity contribution < 1.29 is 14.3 Å². The second-order valence-electron chi connectivity index (χ2n) is 7.12. The highest BCUT2D eigenvalue weighted by Gasteiger charge is 2.43. The summed E-state index contributed by atoms with van der Waals surface area (Å²) in [6.45, 7) is 4.89. The van der Waals surface area contributed by atoms with Crippen LogP contribution >= 0.6 is 0 Å². The molecule has 0 saturated carbocycles. The fourth-order valence-corrected chi connectivity index (χ4v) is 3.53. The minimum Gasteiger partial charge on any atom is -0.367 e. The Kier molecular flexibility index (Phi) is 5.61. The molecule has 0 aromatic heterocycles. The van der Waals surface area contributed by atoms with Gasteiger partial charge in [-0.2, -0.15) is 0 Å². The summed E-state index contributed by atoms with van der Waals surface area (Å²) in [5, 5.41) is 0. The zero-order chi connectivity index (χ0) is 19.4. The number of primary amides is 1. The van der Waals surface area contributed by atoms with E-state index in [0.29, 0.717) is 26.0 Å². The normalized spacial score (nSPS) is 19.7. The third-order valence-electron chi connectivity index (χ3n) is 5.09. The highest BCUT2D eigenvalue weighted by Crippen LogP contribution is 2.26. The Hall–Kier alpha value is -2.66. The first-order valence-electron chi connectivity index (χ1n) is 9.31. The van der Waals surface area contributed by atoms with Gasteiger partial charge in [-0.05, 0) is 23.6 Å². The molecular weight excluding hydrogens is 340 g/mol. The maximum atomic E-state index is 12.2. The lowest BCUT2D eigenvalue weighted by Gasteiger charge is -2.40. The van der Waals surface area contributed by atoms with E-state index in [1.807, 2.05) is 37.3 Å². The van der Waals surface area contributed by atoms with Crippen molar-refractivity contribution in [2.24, 2.45) is 5.73 Å². The van der Waals surface area contributed by atoms with Gasteiger partial charge in [0.15, 0.2) is 5.60 Å². The van der Waals surface area contributed by atoms with Crippen molar-refractivity contribution in [3.63, 3.8) is 0 Å². The lowest BCUT2D eigenvalue weighted by molar-refractivity contribution is -0.163. The summed E-state index contributed by atoms with van der Waals surface area (Å²) in [5.74, 6) is -0.516. The van der Waals surface area contributed by atoms with E-state index in [-0.39, 0.29) is 12.5 Å². The Bertz CT molecular complexity index is 832. The van der Waals surface area contributed by atoms with Crippen molar-refractivity contribution >= 4 is 11.8 Å². The lowest BCUT2D eigenvalue weighted by atomic mass is 9.90. The molecule has 2 amide bonds. The van der Waals surface area contributed by atoms with Crippen LogP contribution in [0.3, 0.4) is 0 Å². The van der Waals surface area contributed by atoms with Crippen molar-refractivity contribution in [2.75, 3.05) is 19.7 Å². The number of amides is 2. The summed E-state index contributed by atoms with van der Waals surface area (Å²) in [6.07, 6.45) is 0.754. The standard InChI is InChI=1S/C22H26N2O3/c1-3-20(25)24-11-12-27-22(15-24,21(23)26)14-17-7-9-18(10-8-17)19-6-4-5-16(2)13-19/h4-10,13H,3,11-12,14-15H2,1-2H3,(H2,23,26)/t22-/m1/s1. The molecular formula is C22H26N2O3. The molecule has 1 aliphatic heterocycles. The lowest BCUT2D eigenvalue weighted by Crippen LogP contribution is -2.61. The smallest absolute Gasteiger partial charge is 0.251 e. The van der Waals surface area contributed by atoms with Gasteiger partial charge in [-0.15, -0.1) is 0 Å². The van der Waals surface area contributed by atoms with E-state index in [9.17, 15) is 9.59 Å². The fraction of sp³-hybridized carbons (Fsp3) is 0.364. The Morgan fingerprint density at radius 1 is 1.15 bits per heavy atom. The van der Waals surface area contributed by atoms with Crippen molar-refractivity contribution in [1.29, 1.82) is 0 Å². The highest BCUT2D eigenvalue weighted by molar-refractivity contribution is 5.86. The van der Waals surface area contributed by atoms with Gasteiger partial charge in [-0.3, -0.25) is 9.59 Å². The molecule has 0 bridgehead atoms. The number of morpholine rings is 1. The van der Waals surface area contributed by atoms with Gasteiger partial charge in [0.05, 0.1) is 13.2 Å². The number of nitrogens with zero attached hydrogens (tertiary/aromatic N) is 1. The van der Waals surface area contributed by atoms with Crippen molar-refractivity contribution in [2.45, 2.75) is 32.3 Å². The summed E-state index contributed by atoms with van der Waals surface area (Å²) >= 11 is 0. The zero-order valence-electron chi connectivity index (χ0n) is 15.9. The Labute approximate surface area is 160 Å². The predicted octanol–water partition coefficient (Wildman–Crippen LogP) is 2.70. The molecule has 1 fully saturated rings. The quantitative estimate of drug-likeness (QED) is 0.884. The summed E-state index contributed by atoms with van der Waals surface area (Å²) < 4.78 is 5.82. The van der Waals surface area contributed by atoms with Crippen LogP contribution in [0.2, 0.25) is 0 Å². The number of aryl methyl sites for hydroxylation is 1. The van der Waals surface area contributed by atoms with Crippen LogP contribution in [0.4, 0.5) is 0 Å². The molecule has 0 aliphatic carbocycles. The van der Waals surface area contributed by atoms with E-state index in [0.717, 1.165) is 16.7 Å². The van der Waals surface area contributed by atoms with Crippen molar-refractivity contribution in [1.82, 2.24) is 4.90 Å². The Balaban J connectivity index is 1.81. The van der Waals surface area contributed by atoms with Crippen LogP contribution in [0, 0.1) is 6.92 Å². The van der Waals surface area contributed by atoms with Gasteiger partial charge in [0.2, 0.25) is 5.91 Å². The molecule has 1 heterocycles. The highest BCUT2D eigenvalue weighted by atomic mass is 16.5. The molecule has 1 atom stereocenters. The molecule has 2 N–H and O–H groups in total. The van der Waals surface area contributed by atoms with Gasteiger partial charge in [-0.25, -0.2) is 0 Å². The van der Waals surface area contributed by atoms with Gasteiger partial charge in [0.25, 0.3) is 5.91 Å². The van der Waals surface area contributed by atoms with Gasteiger partial charge in [-0.1, -0.05) is 61.0 Å². The molecule has 2 aromatic carbocycles. The monoisotopic (exact) mass is 366 g/mol. The first kappa shape index (κ1) is 19.1. The molecule has 0 radical (unpaired) electrons. The first-order chi connectivity index (χ1) is 12.9. The molecule has 0 spiro atoms. The molecule has 5 nitrogen and oxygen atoms in total. The number of benzene rings is 2. The van der Waals surface area contributed by atoms with E-state index in [4.69, 9.17) is 10.5 Å². The minimum absolute atomic E-state index is 0.0127. The topological polar surface area (TPSA) is 72.6 Å². The minimum atomic E-state index is -1.17. The van der Waals surface area contributed by atoms with Crippen LogP contribution in [-0.2, 0) is 20.7 Å². The average Bonchev–Trinajstić information content (AvgIpc) is 2.68. The number of rotatable bonds is 5. The van der Waals surface area contributed by atoms with E-state index in [1.54, 1.807) is 4.90 Å². The van der Waals surface area contributed by atoms with Crippen molar-refractivity contribution in [3.05, 3.63) is 59.7 Å². The van der Waals surface area contributed by atoms with E-state index in [2.05, 4.69) is 25.1 Å². The number of nitrogens with two attached hydrogens (primary N) is 1. The number of ether oxygens (including phenoxy) is 1. The predicted molar refractivity (Wildman–Crippen MR) is 105 cm³/mol. The summed E-state index contributed by atoms with van der Waals surface area (Å²) in [7, 11) is 0. The summed E-state index contributed by atoms with van der Waals surface area (Å²) in [4.78, 5) is 26.0. The second-order valence-corrected chi connectivity index (χ2v) is 7.12. The molecule has 5 heteroatoms. The molecule has 1 aliphatic rings. The molecule has 1 saturated heterocycles. The van der Waals surface area contributed by atoms with Crippen LogP contribution in [0.15, 0.2) is 48.5 Å². The maximum Gasteiger partial charge on any atom is 0.251 e. The average molecular weight is 366 g/mol. The van der Waals surface area contributed by atoms with Crippen LogP contribution in [0.25, 0.3) is 11.1 Å². The third kappa shape index (κ3) is 4.19. The van der Waals surface area contributed by atoms with Crippen molar-refractivity contribution in [3.8, 4) is 11.1 Å². The molecule has 27 heavy (non-hydrogen) atoms. The number of carbonyl (C=O) groups is 2. The molecule has 2 aromatic rings. The van der Waals surface area contributed by atoms with Gasteiger partial charge < -0.3 is 15.4 Å². The van der Waals surface area contributed by atoms with E-state index in [1.165, 1.54) is 5.56 Å². The number of hydrogen-bond acceptors (Lipinski definition) is 3. The molecule has 142 valence electrons. The Morgan fingerprint density at radius 2 is 1.89 bits per heavy atom. The number of hydrogen-bond donors (Lipinski definition) is 1. The largest absolute Gasteiger partial charge is 0.367 e. The Morgan fingerprint density at radius 3 is 2.52 bits per heavy atom. The zero-order valence-corrected chi connectivity index (χ0v) is 15.9. The SMILES string of the molecule is CCC(=O)N1CCO[C@@](Cc2ccc(-c3cccc(C)c3)cc2)(C(N)=O)C1. The van der Waals surface area contributed by atoms with E-state index >= 15 is 0 Å². The first-order valence-corrected chi connectivity index (χ1v) is 9.31. The fourth-order valence-electron chi connectivity index (χ4n) is 3.53. The van der Waals surface area contributed by atoms with Crippen LogP contribution < -0.4 is 5.73 Å². The van der Waals surface area contributed by atoms with Gasteiger partial charge in [0.1, 0.15) is 0 Å². The van der Waals surface area contributed by atoms with E-state index < -0.39 is 11.5 Å². The van der Waals surface area contributed by atoms with Crippen LogP contribution in [0.1, 0.15) is 24.5 Å². The summed E-state index contributed by atoms with van der Waals surface area (Å²) in [5.41, 5.74) is 8.95. The summed E-state index contributed by atoms with van der Waals surface area (Å²) in [6, 6.07) is 16.4. The molecule has 3 rings (SSSR count). The third-order valence-corrected chi connectivity index (χ3v) is 5.09. The van der Waals surface area contributed by atoms with Crippen LogP contribution in [-0.4, -0.2) is 42.0 Å². The van der Waals surface area contributed by atoms with Crippen LogP contribution in [0.5, 0.6) is 0 Å². The second kappa shape index (κ2) is 7.92. The maximum absolute atomic E-state index is 12.2. The number of carbonyl (C=O) groups excluding carboxylic acids is 2. The van der Waals surface area contributed by atoms with Gasteiger partial charge >= 0.3 is 0 Å². The van der Waals surface area contributed by atoms with Gasteiger partial charge in [0, 0.05) is 19.4 Å².